The minimum Gasteiger partial charge on any atom is -0.494 e. The number of ether oxygens (including phenoxy) is 1. The predicted molar refractivity (Wildman–Crippen MR) is 130 cm³/mol. The van der Waals surface area contributed by atoms with Crippen LogP contribution in [0.5, 0.6) is 5.75 Å². The number of benzene rings is 1. The molecule has 2 atom stereocenters. The molecule has 1 aliphatic carbocycles. The van der Waals surface area contributed by atoms with E-state index in [0.717, 1.165) is 53.6 Å². The Balaban J connectivity index is 1.41. The number of aromatic nitrogens is 5. The van der Waals surface area contributed by atoms with Crippen molar-refractivity contribution in [3.63, 3.8) is 0 Å². The molecule has 3 aromatic rings. The lowest BCUT2D eigenvalue weighted by Gasteiger charge is -2.14. The number of hydrogen-bond donors (Lipinski definition) is 1. The van der Waals surface area contributed by atoms with E-state index in [2.05, 4.69) is 23.3 Å². The minimum absolute atomic E-state index is 0.135. The van der Waals surface area contributed by atoms with E-state index in [1.54, 1.807) is 19.5 Å². The van der Waals surface area contributed by atoms with Crippen molar-refractivity contribution in [3.8, 4) is 11.4 Å². The lowest BCUT2D eigenvalue weighted by Crippen LogP contribution is -2.06. The molecule has 0 spiro atoms. The molecule has 176 valence electrons. The number of hydrogen-bond acceptors (Lipinski definition) is 5. The Morgan fingerprint density at radius 1 is 1.26 bits per heavy atom. The summed E-state index contributed by atoms with van der Waals surface area (Å²) in [5.41, 5.74) is 3.81. The van der Waals surface area contributed by atoms with Gasteiger partial charge in [-0.3, -0.25) is 0 Å². The van der Waals surface area contributed by atoms with Crippen molar-refractivity contribution in [2.75, 3.05) is 12.4 Å². The summed E-state index contributed by atoms with van der Waals surface area (Å²) in [4.78, 5) is 9.17. The van der Waals surface area contributed by atoms with Crippen molar-refractivity contribution >= 4 is 11.6 Å². The molecule has 8 heteroatoms. The van der Waals surface area contributed by atoms with E-state index in [-0.39, 0.29) is 11.7 Å². The van der Waals surface area contributed by atoms with E-state index < -0.39 is 0 Å². The van der Waals surface area contributed by atoms with E-state index in [1.165, 1.54) is 6.08 Å². The van der Waals surface area contributed by atoms with Gasteiger partial charge in [0.25, 0.3) is 0 Å². The maximum Gasteiger partial charge on any atom is 0.246 e. The summed E-state index contributed by atoms with van der Waals surface area (Å²) in [7, 11) is 1.66. The third-order valence-corrected chi connectivity index (χ3v) is 6.35. The van der Waals surface area contributed by atoms with Gasteiger partial charge in [-0.15, -0.1) is 5.10 Å². The van der Waals surface area contributed by atoms with Gasteiger partial charge in [-0.2, -0.15) is 4.98 Å². The molecule has 1 aliphatic heterocycles. The topological polar surface area (TPSA) is 69.8 Å². The molecule has 2 unspecified atom stereocenters. The number of halogens is 1. The number of rotatable bonds is 5. The van der Waals surface area contributed by atoms with E-state index in [1.807, 2.05) is 46.6 Å². The van der Waals surface area contributed by atoms with E-state index >= 15 is 0 Å². The predicted octanol–water partition coefficient (Wildman–Crippen LogP) is 5.78. The fourth-order valence-electron chi connectivity index (χ4n) is 4.56. The normalized spacial score (nSPS) is 21.2. The maximum absolute atomic E-state index is 13.4. The molecule has 3 heterocycles. The average molecular weight is 461 g/mol. The highest BCUT2D eigenvalue weighted by Gasteiger charge is 2.25. The Kier molecular flexibility index (Phi) is 6.04. The first-order chi connectivity index (χ1) is 16.5. The first-order valence-corrected chi connectivity index (χ1v) is 11.6. The Bertz CT molecular complexity index is 1280. The van der Waals surface area contributed by atoms with Crippen molar-refractivity contribution in [3.05, 3.63) is 77.9 Å². The molecule has 0 bridgehead atoms. The van der Waals surface area contributed by atoms with Crippen LogP contribution in [0.15, 0.2) is 66.4 Å². The van der Waals surface area contributed by atoms with Gasteiger partial charge in [-0.1, -0.05) is 19.1 Å². The maximum atomic E-state index is 13.4. The molecular formula is C26H29FN6O. The van der Waals surface area contributed by atoms with Crippen LogP contribution in [0.1, 0.15) is 43.6 Å². The molecule has 0 fully saturated rings. The van der Waals surface area contributed by atoms with Crippen molar-refractivity contribution in [1.29, 1.82) is 0 Å². The lowest BCUT2D eigenvalue weighted by molar-refractivity contribution is 0.413. The summed E-state index contributed by atoms with van der Waals surface area (Å²) in [6.07, 6.45) is 13.6. The van der Waals surface area contributed by atoms with Crippen LogP contribution < -0.4 is 10.1 Å². The summed E-state index contributed by atoms with van der Waals surface area (Å²) < 4.78 is 23.0. The van der Waals surface area contributed by atoms with Gasteiger partial charge in [0.15, 0.2) is 0 Å². The summed E-state index contributed by atoms with van der Waals surface area (Å²) in [5, 5.41) is 8.09. The summed E-state index contributed by atoms with van der Waals surface area (Å²) in [6, 6.07) is 5.90. The zero-order valence-electron chi connectivity index (χ0n) is 19.7. The Morgan fingerprint density at radius 2 is 2.15 bits per heavy atom. The molecule has 34 heavy (non-hydrogen) atoms. The van der Waals surface area contributed by atoms with Gasteiger partial charge in [0.1, 0.15) is 17.4 Å². The molecule has 0 saturated heterocycles. The van der Waals surface area contributed by atoms with Crippen LogP contribution in [0.4, 0.5) is 16.0 Å². The highest BCUT2D eigenvalue weighted by atomic mass is 19.1. The monoisotopic (exact) mass is 460 g/mol. The molecular weight excluding hydrogens is 431 g/mol. The van der Waals surface area contributed by atoms with E-state index in [0.29, 0.717) is 18.3 Å². The third-order valence-electron chi connectivity index (χ3n) is 6.35. The summed E-state index contributed by atoms with van der Waals surface area (Å²) in [5.74, 6) is 2.75. The average Bonchev–Trinajstić information content (AvgIpc) is 3.41. The van der Waals surface area contributed by atoms with Crippen molar-refractivity contribution in [2.24, 2.45) is 5.92 Å². The smallest absolute Gasteiger partial charge is 0.246 e. The van der Waals surface area contributed by atoms with Crippen LogP contribution in [0.25, 0.3) is 5.69 Å². The number of nitrogens with zero attached hydrogens (tertiary/aromatic N) is 5. The second-order valence-electron chi connectivity index (χ2n) is 9.05. The minimum atomic E-state index is -0.175. The molecule has 0 saturated carbocycles. The van der Waals surface area contributed by atoms with Crippen LogP contribution in [0, 0.1) is 12.8 Å². The number of methoxy groups -OCH3 is 1. The molecule has 0 amide bonds. The first-order valence-electron chi connectivity index (χ1n) is 11.6. The van der Waals surface area contributed by atoms with Crippen LogP contribution in [0.2, 0.25) is 0 Å². The summed E-state index contributed by atoms with van der Waals surface area (Å²) in [6.45, 7) is 5.05. The fourth-order valence-corrected chi connectivity index (χ4v) is 4.56. The number of anilines is 2. The van der Waals surface area contributed by atoms with Crippen LogP contribution in [-0.4, -0.2) is 31.4 Å². The van der Waals surface area contributed by atoms with Crippen LogP contribution in [0.3, 0.4) is 0 Å². The van der Waals surface area contributed by atoms with Crippen molar-refractivity contribution in [1.82, 2.24) is 24.3 Å². The second kappa shape index (κ2) is 9.29. The number of imidazole rings is 1. The van der Waals surface area contributed by atoms with E-state index in [9.17, 15) is 4.39 Å². The van der Waals surface area contributed by atoms with Gasteiger partial charge in [0, 0.05) is 30.4 Å². The molecule has 1 aromatic carbocycles. The van der Waals surface area contributed by atoms with Crippen LogP contribution in [-0.2, 0) is 6.54 Å². The molecule has 0 radical (unpaired) electrons. The zero-order valence-corrected chi connectivity index (χ0v) is 19.7. The second-order valence-corrected chi connectivity index (χ2v) is 9.05. The van der Waals surface area contributed by atoms with Gasteiger partial charge >= 0.3 is 0 Å². The highest BCUT2D eigenvalue weighted by Crippen LogP contribution is 2.34. The quantitative estimate of drug-likeness (QED) is 0.523. The Hall–Kier alpha value is -3.68. The lowest BCUT2D eigenvalue weighted by atomic mass is 9.91. The highest BCUT2D eigenvalue weighted by molar-refractivity contribution is 5.62. The summed E-state index contributed by atoms with van der Waals surface area (Å²) >= 11 is 0. The first kappa shape index (κ1) is 22.1. The largest absolute Gasteiger partial charge is 0.494 e. The third kappa shape index (κ3) is 4.66. The number of aryl methyl sites for hydroxylation is 2. The van der Waals surface area contributed by atoms with Gasteiger partial charge in [-0.25, -0.2) is 14.1 Å². The molecule has 1 N–H and O–H groups in total. The zero-order chi connectivity index (χ0) is 23.7. The molecule has 2 aromatic heterocycles. The Labute approximate surface area is 198 Å². The van der Waals surface area contributed by atoms with Crippen molar-refractivity contribution < 1.29 is 9.13 Å². The van der Waals surface area contributed by atoms with Gasteiger partial charge < -0.3 is 14.6 Å². The standard InChI is InChI=1S/C26H29FN6O/c1-17-10-11-33-25(20(12-17)13-19-4-6-21(27)7-5-19)30-26(31-33)29-22-8-9-23(24(14-22)34-3)32-15-18(2)28-16-32/h4,6-9,13-17,20H,5,10-12H2,1-3H3,(H,29,31). The SMILES string of the molecule is COc1cc(Nc2nc3n(n2)CCC(C)CC3C=C2C=CC(F)=CC2)ccc1-n1cnc(C)c1. The molecule has 5 rings (SSSR count). The Morgan fingerprint density at radius 3 is 2.88 bits per heavy atom. The number of allylic oxidation sites excluding steroid dienone is 6. The molecule has 2 aliphatic rings. The van der Waals surface area contributed by atoms with E-state index in [4.69, 9.17) is 14.8 Å². The van der Waals surface area contributed by atoms with Gasteiger partial charge in [-0.05, 0) is 62.0 Å². The van der Waals surface area contributed by atoms with Gasteiger partial charge in [0.05, 0.1) is 24.8 Å². The molecule has 7 nitrogen and oxygen atoms in total. The fraction of sp³-hybridized carbons (Fsp3) is 0.346. The number of fused-ring (bicyclic) bond motifs is 1. The number of nitrogens with one attached hydrogen (secondary N) is 1. The van der Waals surface area contributed by atoms with Crippen molar-refractivity contribution in [2.45, 2.75) is 45.6 Å². The van der Waals surface area contributed by atoms with Crippen LogP contribution >= 0.6 is 0 Å². The van der Waals surface area contributed by atoms with Gasteiger partial charge in [0.2, 0.25) is 5.95 Å².